The molecule has 17 heavy (non-hydrogen) atoms. The third kappa shape index (κ3) is 5.68. The van der Waals surface area contributed by atoms with Gasteiger partial charge in [-0.15, -0.1) is 0 Å². The molecule has 0 amide bonds. The number of benzene rings is 1. The van der Waals surface area contributed by atoms with Gasteiger partial charge in [0.2, 0.25) is 0 Å². The van der Waals surface area contributed by atoms with E-state index in [1.165, 1.54) is 0 Å². The van der Waals surface area contributed by atoms with Crippen molar-refractivity contribution in [3.63, 3.8) is 0 Å². The summed E-state index contributed by atoms with van der Waals surface area (Å²) in [6, 6.07) is 7.73. The second-order valence-electron chi connectivity index (χ2n) is 4.01. The lowest BCUT2D eigenvalue weighted by Crippen LogP contribution is -2.32. The maximum Gasteiger partial charge on any atom is 0.122 e. The van der Waals surface area contributed by atoms with Gasteiger partial charge in [0, 0.05) is 13.2 Å². The topological polar surface area (TPSA) is 61.7 Å². The lowest BCUT2D eigenvalue weighted by Gasteiger charge is -2.14. The molecule has 1 atom stereocenters. The summed E-state index contributed by atoms with van der Waals surface area (Å²) in [5.74, 6) is 0.807. The van der Waals surface area contributed by atoms with E-state index in [9.17, 15) is 5.11 Å². The Morgan fingerprint density at radius 1 is 1.35 bits per heavy atom. The van der Waals surface area contributed by atoms with Crippen LogP contribution in [-0.2, 0) is 0 Å². The summed E-state index contributed by atoms with van der Waals surface area (Å²) in [4.78, 5) is 0. The monoisotopic (exact) mass is 239 g/mol. The van der Waals surface area contributed by atoms with E-state index in [-0.39, 0.29) is 13.2 Å². The summed E-state index contributed by atoms with van der Waals surface area (Å²) in [5, 5.41) is 21.3. The Balaban J connectivity index is 2.19. The Kier molecular flexibility index (Phi) is 6.62. The number of aliphatic hydroxyl groups is 2. The molecule has 0 heterocycles. The van der Waals surface area contributed by atoms with Gasteiger partial charge in [-0.3, -0.25) is 0 Å². The SMILES string of the molecule is Cc1ccccc1OCC(O)CNCCCO. The molecule has 0 aliphatic carbocycles. The number of aliphatic hydroxyl groups excluding tert-OH is 2. The van der Waals surface area contributed by atoms with Gasteiger partial charge in [-0.2, -0.15) is 0 Å². The van der Waals surface area contributed by atoms with E-state index >= 15 is 0 Å². The number of hydrogen-bond acceptors (Lipinski definition) is 4. The maximum atomic E-state index is 9.65. The Hall–Kier alpha value is -1.10. The molecule has 0 radical (unpaired) electrons. The van der Waals surface area contributed by atoms with Crippen molar-refractivity contribution in [3.05, 3.63) is 29.8 Å². The standard InChI is InChI=1S/C13H21NO3/c1-11-5-2-3-6-13(11)17-10-12(16)9-14-7-4-8-15/h2-3,5-6,12,14-16H,4,7-10H2,1H3. The van der Waals surface area contributed by atoms with Gasteiger partial charge in [-0.05, 0) is 31.5 Å². The fourth-order valence-corrected chi connectivity index (χ4v) is 1.44. The van der Waals surface area contributed by atoms with Crippen LogP contribution in [-0.4, -0.2) is 42.6 Å². The number of rotatable bonds is 8. The molecule has 3 N–H and O–H groups in total. The molecule has 1 unspecified atom stereocenters. The summed E-state index contributed by atoms with van der Waals surface area (Å²) < 4.78 is 5.52. The van der Waals surface area contributed by atoms with Crippen LogP contribution in [0.25, 0.3) is 0 Å². The van der Waals surface area contributed by atoms with Gasteiger partial charge in [-0.1, -0.05) is 18.2 Å². The molecule has 0 aromatic heterocycles. The molecule has 96 valence electrons. The lowest BCUT2D eigenvalue weighted by atomic mass is 10.2. The van der Waals surface area contributed by atoms with Crippen LogP contribution in [0.2, 0.25) is 0 Å². The Bertz CT molecular complexity index is 317. The molecule has 0 saturated heterocycles. The number of aryl methyl sites for hydroxylation is 1. The van der Waals surface area contributed by atoms with Crippen LogP contribution in [0.1, 0.15) is 12.0 Å². The Morgan fingerprint density at radius 2 is 2.12 bits per heavy atom. The van der Waals surface area contributed by atoms with Crippen molar-refractivity contribution in [2.45, 2.75) is 19.4 Å². The average molecular weight is 239 g/mol. The number of ether oxygens (including phenoxy) is 1. The van der Waals surface area contributed by atoms with E-state index in [0.29, 0.717) is 19.5 Å². The second kappa shape index (κ2) is 8.06. The van der Waals surface area contributed by atoms with E-state index in [1.807, 2.05) is 31.2 Å². The van der Waals surface area contributed by atoms with E-state index in [4.69, 9.17) is 9.84 Å². The Morgan fingerprint density at radius 3 is 2.82 bits per heavy atom. The molecule has 1 aromatic carbocycles. The minimum absolute atomic E-state index is 0.169. The predicted molar refractivity (Wildman–Crippen MR) is 67.3 cm³/mol. The molecular formula is C13H21NO3. The molecule has 0 aliphatic rings. The summed E-state index contributed by atoms with van der Waals surface area (Å²) >= 11 is 0. The first kappa shape index (κ1) is 14.0. The van der Waals surface area contributed by atoms with Crippen molar-refractivity contribution in [1.82, 2.24) is 5.32 Å². The van der Waals surface area contributed by atoms with Crippen LogP contribution < -0.4 is 10.1 Å². The highest BCUT2D eigenvalue weighted by Gasteiger charge is 2.05. The highest BCUT2D eigenvalue weighted by atomic mass is 16.5. The number of hydrogen-bond donors (Lipinski definition) is 3. The zero-order valence-electron chi connectivity index (χ0n) is 10.2. The van der Waals surface area contributed by atoms with Crippen molar-refractivity contribution in [1.29, 1.82) is 0 Å². The number of nitrogens with one attached hydrogen (secondary N) is 1. The molecule has 0 fully saturated rings. The van der Waals surface area contributed by atoms with E-state index in [0.717, 1.165) is 11.3 Å². The highest BCUT2D eigenvalue weighted by molar-refractivity contribution is 5.31. The van der Waals surface area contributed by atoms with Gasteiger partial charge in [-0.25, -0.2) is 0 Å². The average Bonchev–Trinajstić information content (AvgIpc) is 2.34. The normalized spacial score (nSPS) is 12.4. The van der Waals surface area contributed by atoms with Gasteiger partial charge in [0.15, 0.2) is 0 Å². The van der Waals surface area contributed by atoms with E-state index in [2.05, 4.69) is 5.32 Å². The van der Waals surface area contributed by atoms with Gasteiger partial charge in [0.1, 0.15) is 18.5 Å². The summed E-state index contributed by atoms with van der Waals surface area (Å²) in [5.41, 5.74) is 1.06. The smallest absolute Gasteiger partial charge is 0.122 e. The molecule has 0 saturated carbocycles. The quantitative estimate of drug-likeness (QED) is 0.585. The van der Waals surface area contributed by atoms with Crippen LogP contribution in [0.5, 0.6) is 5.75 Å². The first-order valence-electron chi connectivity index (χ1n) is 5.92. The van der Waals surface area contributed by atoms with Crippen molar-refractivity contribution in [3.8, 4) is 5.75 Å². The van der Waals surface area contributed by atoms with Crippen molar-refractivity contribution in [2.75, 3.05) is 26.3 Å². The molecule has 0 spiro atoms. The lowest BCUT2D eigenvalue weighted by molar-refractivity contribution is 0.105. The molecule has 1 aromatic rings. The first-order chi connectivity index (χ1) is 8.24. The largest absolute Gasteiger partial charge is 0.491 e. The third-order valence-electron chi connectivity index (χ3n) is 2.42. The highest BCUT2D eigenvalue weighted by Crippen LogP contribution is 2.16. The second-order valence-corrected chi connectivity index (χ2v) is 4.01. The van der Waals surface area contributed by atoms with Gasteiger partial charge in [0.25, 0.3) is 0 Å². The van der Waals surface area contributed by atoms with Crippen molar-refractivity contribution >= 4 is 0 Å². The Labute approximate surface area is 102 Å². The molecule has 1 rings (SSSR count). The molecule has 0 aliphatic heterocycles. The first-order valence-corrected chi connectivity index (χ1v) is 5.92. The van der Waals surface area contributed by atoms with Crippen molar-refractivity contribution in [2.24, 2.45) is 0 Å². The van der Waals surface area contributed by atoms with E-state index in [1.54, 1.807) is 0 Å². The number of para-hydroxylation sites is 1. The van der Waals surface area contributed by atoms with Crippen molar-refractivity contribution < 1.29 is 14.9 Å². The van der Waals surface area contributed by atoms with Gasteiger partial charge < -0.3 is 20.3 Å². The summed E-state index contributed by atoms with van der Waals surface area (Å²) in [6.07, 6.45) is 0.166. The van der Waals surface area contributed by atoms with Crippen LogP contribution in [0.4, 0.5) is 0 Å². The predicted octanol–water partition coefficient (Wildman–Crippen LogP) is 0.707. The van der Waals surface area contributed by atoms with Gasteiger partial charge in [0.05, 0.1) is 0 Å². The molecule has 4 nitrogen and oxygen atoms in total. The molecular weight excluding hydrogens is 218 g/mol. The van der Waals surface area contributed by atoms with Crippen LogP contribution in [0, 0.1) is 6.92 Å². The fourth-order valence-electron chi connectivity index (χ4n) is 1.44. The fraction of sp³-hybridized carbons (Fsp3) is 0.538. The third-order valence-corrected chi connectivity index (χ3v) is 2.42. The van der Waals surface area contributed by atoms with Gasteiger partial charge >= 0.3 is 0 Å². The zero-order valence-corrected chi connectivity index (χ0v) is 10.2. The van der Waals surface area contributed by atoms with Crippen LogP contribution >= 0.6 is 0 Å². The summed E-state index contributed by atoms with van der Waals surface area (Å²) in [6.45, 7) is 3.60. The zero-order chi connectivity index (χ0) is 12.5. The molecule has 4 heteroatoms. The van der Waals surface area contributed by atoms with Crippen LogP contribution in [0.15, 0.2) is 24.3 Å². The minimum atomic E-state index is -0.534. The summed E-state index contributed by atoms with van der Waals surface area (Å²) in [7, 11) is 0. The minimum Gasteiger partial charge on any atom is -0.491 e. The van der Waals surface area contributed by atoms with E-state index < -0.39 is 6.10 Å². The van der Waals surface area contributed by atoms with Crippen LogP contribution in [0.3, 0.4) is 0 Å². The maximum absolute atomic E-state index is 9.65. The molecule has 0 bridgehead atoms.